The molecular formula is C20H16BrN5O4. The number of ether oxygens (including phenoxy) is 2. The Balaban J connectivity index is 1.91. The molecule has 30 heavy (non-hydrogen) atoms. The molecule has 0 fully saturated rings. The third-order valence-electron chi connectivity index (χ3n) is 4.69. The second-order valence-corrected chi connectivity index (χ2v) is 7.28. The van der Waals surface area contributed by atoms with Gasteiger partial charge in [-0.05, 0) is 52.4 Å². The summed E-state index contributed by atoms with van der Waals surface area (Å²) in [4.78, 5) is 26.2. The monoisotopic (exact) mass is 469 g/mol. The van der Waals surface area contributed by atoms with Gasteiger partial charge in [0.2, 0.25) is 5.95 Å². The quantitative estimate of drug-likeness (QED) is 0.448. The zero-order chi connectivity index (χ0) is 21.3. The smallest absolute Gasteiger partial charge is 0.355 e. The van der Waals surface area contributed by atoms with Gasteiger partial charge >= 0.3 is 5.97 Å². The molecule has 1 aliphatic heterocycles. The Hall–Kier alpha value is -3.53. The first kappa shape index (κ1) is 19.8. The van der Waals surface area contributed by atoms with Crippen LogP contribution in [0.5, 0.6) is 5.75 Å². The molecule has 10 heteroatoms. The van der Waals surface area contributed by atoms with Crippen molar-refractivity contribution >= 4 is 33.6 Å². The van der Waals surface area contributed by atoms with Gasteiger partial charge in [-0.15, -0.1) is 0 Å². The molecule has 0 bridgehead atoms. The van der Waals surface area contributed by atoms with Crippen molar-refractivity contribution in [3.8, 4) is 5.75 Å². The highest BCUT2D eigenvalue weighted by atomic mass is 79.9. The largest absolute Gasteiger partial charge is 0.497 e. The second kappa shape index (κ2) is 8.07. The summed E-state index contributed by atoms with van der Waals surface area (Å²) in [5.41, 5.74) is 1.28. The zero-order valence-corrected chi connectivity index (χ0v) is 17.6. The van der Waals surface area contributed by atoms with E-state index in [4.69, 9.17) is 9.47 Å². The predicted octanol–water partition coefficient (Wildman–Crippen LogP) is 2.77. The Morgan fingerprint density at radius 2 is 1.77 bits per heavy atom. The number of fused-ring (bicyclic) bond motifs is 1. The lowest BCUT2D eigenvalue weighted by Crippen LogP contribution is -2.32. The Bertz CT molecular complexity index is 1140. The minimum atomic E-state index is -0.729. The van der Waals surface area contributed by atoms with Crippen LogP contribution in [0.3, 0.4) is 0 Å². The molecule has 0 spiro atoms. The Morgan fingerprint density at radius 1 is 1.07 bits per heavy atom. The Labute approximate surface area is 179 Å². The van der Waals surface area contributed by atoms with Crippen LogP contribution in [0.15, 0.2) is 64.3 Å². The maximum absolute atomic E-state index is 13.6. The first-order valence-electron chi connectivity index (χ1n) is 8.85. The number of halogens is 1. The van der Waals surface area contributed by atoms with Crippen LogP contribution in [0.25, 0.3) is 0 Å². The Kier molecular flexibility index (Phi) is 5.32. The van der Waals surface area contributed by atoms with Gasteiger partial charge in [0.15, 0.2) is 5.78 Å². The molecule has 1 atom stereocenters. The van der Waals surface area contributed by atoms with Crippen LogP contribution in [0, 0.1) is 0 Å². The normalized spacial score (nSPS) is 15.2. The van der Waals surface area contributed by atoms with Gasteiger partial charge in [0.05, 0.1) is 19.8 Å². The summed E-state index contributed by atoms with van der Waals surface area (Å²) in [6.07, 6.45) is 0. The van der Waals surface area contributed by atoms with E-state index in [-0.39, 0.29) is 23.0 Å². The van der Waals surface area contributed by atoms with E-state index in [1.807, 2.05) is 24.3 Å². The fourth-order valence-electron chi connectivity index (χ4n) is 3.24. The van der Waals surface area contributed by atoms with Crippen molar-refractivity contribution in [3.63, 3.8) is 0 Å². The summed E-state index contributed by atoms with van der Waals surface area (Å²) >= 11 is 3.41. The molecule has 1 aromatic heterocycles. The van der Waals surface area contributed by atoms with Crippen molar-refractivity contribution in [3.05, 3.63) is 75.4 Å². The minimum absolute atomic E-state index is 0.00598. The number of ketones is 1. The topological polar surface area (TPSA) is 108 Å². The molecule has 0 amide bonds. The molecule has 2 heterocycles. The number of rotatable bonds is 5. The number of Topliss-reactive ketones (excluding diaryl/α,β-unsaturated/α-hetero) is 1. The maximum Gasteiger partial charge on any atom is 0.355 e. The molecule has 1 aliphatic rings. The summed E-state index contributed by atoms with van der Waals surface area (Å²) in [6, 6.07) is 13.3. The summed E-state index contributed by atoms with van der Waals surface area (Å²) < 4.78 is 12.4. The number of hydrogen-bond acceptors (Lipinski definition) is 8. The van der Waals surface area contributed by atoms with Crippen molar-refractivity contribution in [2.24, 2.45) is 0 Å². The summed E-state index contributed by atoms with van der Waals surface area (Å²) in [5.74, 6) is -0.208. The maximum atomic E-state index is 13.6. The number of anilines is 1. The Morgan fingerprint density at radius 3 is 2.40 bits per heavy atom. The molecule has 0 unspecified atom stereocenters. The van der Waals surface area contributed by atoms with Gasteiger partial charge in [-0.25, -0.2) is 4.79 Å². The van der Waals surface area contributed by atoms with Crippen LogP contribution in [-0.4, -0.2) is 46.2 Å². The fourth-order valence-corrected chi connectivity index (χ4v) is 3.50. The SMILES string of the molecule is COC(=O)C1=C(C(=O)c2ccc(OC)cc2)[C@H](c2ccc(Br)cc2)n2nnnc2N1. The zero-order valence-electron chi connectivity index (χ0n) is 16.0. The van der Waals surface area contributed by atoms with E-state index >= 15 is 0 Å². The van der Waals surface area contributed by atoms with Gasteiger partial charge in [-0.3, -0.25) is 4.79 Å². The number of hydrogen-bond donors (Lipinski definition) is 1. The van der Waals surface area contributed by atoms with Gasteiger partial charge in [0, 0.05) is 10.0 Å². The van der Waals surface area contributed by atoms with E-state index in [0.717, 1.165) is 10.0 Å². The van der Waals surface area contributed by atoms with Crippen molar-refractivity contribution in [2.45, 2.75) is 6.04 Å². The second-order valence-electron chi connectivity index (χ2n) is 6.36. The lowest BCUT2D eigenvalue weighted by atomic mass is 9.89. The van der Waals surface area contributed by atoms with E-state index in [1.165, 1.54) is 11.8 Å². The van der Waals surface area contributed by atoms with Gasteiger partial charge in [0.25, 0.3) is 0 Å². The highest BCUT2D eigenvalue weighted by Gasteiger charge is 2.38. The number of aromatic nitrogens is 4. The van der Waals surface area contributed by atoms with Crippen molar-refractivity contribution < 1.29 is 19.1 Å². The number of carbonyl (C=O) groups is 2. The molecule has 9 nitrogen and oxygen atoms in total. The highest BCUT2D eigenvalue weighted by Crippen LogP contribution is 2.37. The van der Waals surface area contributed by atoms with Crippen molar-refractivity contribution in [2.75, 3.05) is 19.5 Å². The molecule has 0 aliphatic carbocycles. The molecule has 1 N–H and O–H groups in total. The van der Waals surface area contributed by atoms with Crippen LogP contribution in [0.4, 0.5) is 5.95 Å². The van der Waals surface area contributed by atoms with Crippen molar-refractivity contribution in [1.82, 2.24) is 20.2 Å². The van der Waals surface area contributed by atoms with E-state index < -0.39 is 12.0 Å². The van der Waals surface area contributed by atoms with Crippen LogP contribution in [0.2, 0.25) is 0 Å². The van der Waals surface area contributed by atoms with E-state index in [0.29, 0.717) is 11.3 Å². The van der Waals surface area contributed by atoms with Crippen LogP contribution < -0.4 is 10.1 Å². The number of esters is 1. The number of nitrogens with one attached hydrogen (secondary N) is 1. The molecule has 0 saturated carbocycles. The first-order valence-corrected chi connectivity index (χ1v) is 9.64. The molecule has 2 aromatic carbocycles. The molecule has 3 aromatic rings. The van der Waals surface area contributed by atoms with E-state index in [9.17, 15) is 9.59 Å². The molecule has 0 saturated heterocycles. The number of tetrazole rings is 1. The average molecular weight is 470 g/mol. The predicted molar refractivity (Wildman–Crippen MR) is 110 cm³/mol. The average Bonchev–Trinajstić information content (AvgIpc) is 3.26. The lowest BCUT2D eigenvalue weighted by molar-refractivity contribution is -0.136. The standard InChI is InChI=1S/C20H16BrN5O4/c1-29-14-9-5-12(6-10-14)18(27)15-16(19(28)30-2)22-20-23-24-25-26(20)17(15)11-3-7-13(21)8-4-11/h3-10,17H,1-2H3,(H,22,23,25)/t17-/m0/s1. The number of benzene rings is 2. The third kappa shape index (κ3) is 3.45. The number of allylic oxidation sites excluding steroid dienone is 1. The van der Waals surface area contributed by atoms with Gasteiger partial charge in [-0.2, -0.15) is 4.68 Å². The summed E-state index contributed by atoms with van der Waals surface area (Å²) in [6.45, 7) is 0. The molecule has 152 valence electrons. The third-order valence-corrected chi connectivity index (χ3v) is 5.22. The summed E-state index contributed by atoms with van der Waals surface area (Å²) in [5, 5.41) is 14.5. The van der Waals surface area contributed by atoms with E-state index in [2.05, 4.69) is 36.8 Å². The number of carbonyl (C=O) groups excluding carboxylic acids is 2. The van der Waals surface area contributed by atoms with Gasteiger partial charge in [0.1, 0.15) is 17.5 Å². The molecule has 4 rings (SSSR count). The van der Waals surface area contributed by atoms with Crippen LogP contribution >= 0.6 is 15.9 Å². The van der Waals surface area contributed by atoms with Crippen molar-refractivity contribution in [1.29, 1.82) is 0 Å². The lowest BCUT2D eigenvalue weighted by Gasteiger charge is -2.28. The molecule has 0 radical (unpaired) electrons. The minimum Gasteiger partial charge on any atom is -0.497 e. The van der Waals surface area contributed by atoms with Gasteiger partial charge in [-0.1, -0.05) is 33.2 Å². The van der Waals surface area contributed by atoms with Crippen LogP contribution in [0.1, 0.15) is 22.0 Å². The van der Waals surface area contributed by atoms with Gasteiger partial charge < -0.3 is 14.8 Å². The highest BCUT2D eigenvalue weighted by molar-refractivity contribution is 9.10. The van der Waals surface area contributed by atoms with E-state index in [1.54, 1.807) is 31.4 Å². The fraction of sp³-hybridized carbons (Fsp3) is 0.150. The van der Waals surface area contributed by atoms with Crippen LogP contribution in [-0.2, 0) is 9.53 Å². The number of nitrogens with zero attached hydrogens (tertiary/aromatic N) is 4. The summed E-state index contributed by atoms with van der Waals surface area (Å²) in [7, 11) is 2.79. The first-order chi connectivity index (χ1) is 14.5. The molecular weight excluding hydrogens is 454 g/mol. The number of methoxy groups -OCH3 is 2.